The Morgan fingerprint density at radius 2 is 1.96 bits per heavy atom. The van der Waals surface area contributed by atoms with Crippen molar-refractivity contribution in [2.24, 2.45) is 7.05 Å². The lowest BCUT2D eigenvalue weighted by Crippen LogP contribution is -2.25. The number of aromatic amines is 1. The highest BCUT2D eigenvalue weighted by Crippen LogP contribution is 2.20. The molecule has 3 aromatic rings. The van der Waals surface area contributed by atoms with E-state index in [0.29, 0.717) is 22.6 Å². The molecule has 2 heterocycles. The number of aromatic nitrogens is 3. The average Bonchev–Trinajstić information content (AvgIpc) is 2.85. The van der Waals surface area contributed by atoms with Crippen LogP contribution in [-0.4, -0.2) is 20.7 Å². The number of hydrogen-bond acceptors (Lipinski definition) is 3. The van der Waals surface area contributed by atoms with E-state index in [-0.39, 0.29) is 17.9 Å². The van der Waals surface area contributed by atoms with Gasteiger partial charge < -0.3 is 5.32 Å². The van der Waals surface area contributed by atoms with Gasteiger partial charge in [0, 0.05) is 24.3 Å². The van der Waals surface area contributed by atoms with E-state index < -0.39 is 0 Å². The zero-order chi connectivity index (χ0) is 18.1. The number of hydrogen-bond donors (Lipinski definition) is 2. The highest BCUT2D eigenvalue weighted by molar-refractivity contribution is 6.30. The third-order valence-electron chi connectivity index (χ3n) is 4.32. The van der Waals surface area contributed by atoms with Crippen molar-refractivity contribution in [3.63, 3.8) is 0 Å². The van der Waals surface area contributed by atoms with Gasteiger partial charge in [-0.25, -0.2) is 4.98 Å². The first-order valence-corrected chi connectivity index (χ1v) is 8.30. The van der Waals surface area contributed by atoms with Crippen molar-refractivity contribution >= 4 is 28.5 Å². The van der Waals surface area contributed by atoms with Gasteiger partial charge in [-0.3, -0.25) is 19.4 Å². The van der Waals surface area contributed by atoms with Gasteiger partial charge in [-0.15, -0.1) is 0 Å². The minimum absolute atomic E-state index is 0.116. The highest BCUT2D eigenvalue weighted by Gasteiger charge is 2.17. The predicted molar refractivity (Wildman–Crippen MR) is 97.8 cm³/mol. The third kappa shape index (κ3) is 3.44. The summed E-state index contributed by atoms with van der Waals surface area (Å²) in [5.41, 5.74) is 3.72. The molecular weight excluding hydrogens is 340 g/mol. The summed E-state index contributed by atoms with van der Waals surface area (Å²) >= 11 is 5.85. The number of rotatable bonds is 4. The summed E-state index contributed by atoms with van der Waals surface area (Å²) in [5.74, 6) is -0.116. The van der Waals surface area contributed by atoms with E-state index in [1.165, 1.54) is 0 Å². The standard InChI is InChI=1S/C18H19ClN4O2/c1-10-14(11(2)21-17-16(10)18(25)22-23(17)3)8-15(24)20-9-12-4-6-13(19)7-5-12/h4-7H,8-9H2,1-3H3,(H,20,24)(H,22,25). The number of nitrogens with one attached hydrogen (secondary N) is 2. The normalized spacial score (nSPS) is 11.0. The van der Waals surface area contributed by atoms with Gasteiger partial charge in [0.15, 0.2) is 5.65 Å². The predicted octanol–water partition coefficient (Wildman–Crippen LogP) is 2.39. The van der Waals surface area contributed by atoms with Crippen LogP contribution in [0.15, 0.2) is 29.1 Å². The zero-order valence-corrected chi connectivity index (χ0v) is 15.1. The van der Waals surface area contributed by atoms with Crippen molar-refractivity contribution in [1.29, 1.82) is 0 Å². The topological polar surface area (TPSA) is 79.8 Å². The number of carbonyl (C=O) groups excluding carboxylic acids is 1. The summed E-state index contributed by atoms with van der Waals surface area (Å²) < 4.78 is 1.60. The molecular formula is C18H19ClN4O2. The van der Waals surface area contributed by atoms with Crippen molar-refractivity contribution in [3.05, 3.63) is 62.0 Å². The van der Waals surface area contributed by atoms with E-state index in [0.717, 1.165) is 22.4 Å². The van der Waals surface area contributed by atoms with E-state index in [1.54, 1.807) is 23.9 Å². The molecule has 3 rings (SSSR count). The number of nitrogens with zero attached hydrogens (tertiary/aromatic N) is 2. The molecule has 2 N–H and O–H groups in total. The van der Waals surface area contributed by atoms with Crippen molar-refractivity contribution in [1.82, 2.24) is 20.1 Å². The molecule has 0 unspecified atom stereocenters. The summed E-state index contributed by atoms with van der Waals surface area (Å²) in [6, 6.07) is 7.32. The fourth-order valence-corrected chi connectivity index (χ4v) is 3.06. The van der Waals surface area contributed by atoms with E-state index in [1.807, 2.05) is 26.0 Å². The average molecular weight is 359 g/mol. The highest BCUT2D eigenvalue weighted by atomic mass is 35.5. The Balaban J connectivity index is 1.80. The van der Waals surface area contributed by atoms with Crippen LogP contribution in [0, 0.1) is 13.8 Å². The first kappa shape index (κ1) is 17.2. The number of pyridine rings is 1. The molecule has 0 atom stereocenters. The van der Waals surface area contributed by atoms with Gasteiger partial charge in [0.1, 0.15) is 0 Å². The lowest BCUT2D eigenvalue weighted by atomic mass is 10.0. The number of amides is 1. The molecule has 0 bridgehead atoms. The minimum atomic E-state index is -0.190. The molecule has 0 aliphatic rings. The van der Waals surface area contributed by atoms with Gasteiger partial charge in [0.2, 0.25) is 5.91 Å². The lowest BCUT2D eigenvalue weighted by molar-refractivity contribution is -0.120. The minimum Gasteiger partial charge on any atom is -0.352 e. The zero-order valence-electron chi connectivity index (χ0n) is 14.3. The molecule has 7 heteroatoms. The van der Waals surface area contributed by atoms with Crippen LogP contribution >= 0.6 is 11.6 Å². The van der Waals surface area contributed by atoms with Gasteiger partial charge in [-0.2, -0.15) is 0 Å². The second-order valence-corrected chi connectivity index (χ2v) is 6.52. The maximum Gasteiger partial charge on any atom is 0.273 e. The number of fused-ring (bicyclic) bond motifs is 1. The van der Waals surface area contributed by atoms with Gasteiger partial charge >= 0.3 is 0 Å². The largest absolute Gasteiger partial charge is 0.352 e. The van der Waals surface area contributed by atoms with Crippen LogP contribution in [0.1, 0.15) is 22.4 Å². The number of halogens is 1. The van der Waals surface area contributed by atoms with Crippen LogP contribution in [0.4, 0.5) is 0 Å². The van der Waals surface area contributed by atoms with Gasteiger partial charge in [-0.05, 0) is 42.7 Å². The molecule has 0 radical (unpaired) electrons. The van der Waals surface area contributed by atoms with Crippen LogP contribution in [0.3, 0.4) is 0 Å². The molecule has 6 nitrogen and oxygen atoms in total. The molecule has 0 saturated heterocycles. The lowest BCUT2D eigenvalue weighted by Gasteiger charge is -2.11. The maximum atomic E-state index is 12.3. The first-order valence-electron chi connectivity index (χ1n) is 7.92. The summed E-state index contributed by atoms with van der Waals surface area (Å²) in [7, 11) is 1.74. The quantitative estimate of drug-likeness (QED) is 0.751. The van der Waals surface area contributed by atoms with Crippen LogP contribution < -0.4 is 10.9 Å². The molecule has 1 aromatic carbocycles. The van der Waals surface area contributed by atoms with Gasteiger partial charge in [-0.1, -0.05) is 23.7 Å². The number of aryl methyl sites for hydroxylation is 3. The SMILES string of the molecule is Cc1nc2c(c(C)c1CC(=O)NCc1ccc(Cl)cc1)c(=O)[nH]n2C. The van der Waals surface area contributed by atoms with Crippen molar-refractivity contribution < 1.29 is 4.79 Å². The number of H-pyrrole nitrogens is 1. The van der Waals surface area contributed by atoms with Crippen molar-refractivity contribution in [2.75, 3.05) is 0 Å². The van der Waals surface area contributed by atoms with Crippen LogP contribution in [-0.2, 0) is 24.8 Å². The fourth-order valence-electron chi connectivity index (χ4n) is 2.93. The number of benzene rings is 1. The molecule has 0 aliphatic carbocycles. The van der Waals surface area contributed by atoms with E-state index in [4.69, 9.17) is 11.6 Å². The van der Waals surface area contributed by atoms with Crippen molar-refractivity contribution in [3.8, 4) is 0 Å². The summed E-state index contributed by atoms with van der Waals surface area (Å²) in [4.78, 5) is 28.9. The molecule has 1 amide bonds. The monoisotopic (exact) mass is 358 g/mol. The van der Waals surface area contributed by atoms with E-state index in [2.05, 4.69) is 15.4 Å². The Labute approximate surface area is 149 Å². The summed E-state index contributed by atoms with van der Waals surface area (Å²) in [5, 5.41) is 6.79. The van der Waals surface area contributed by atoms with Gasteiger partial charge in [0.05, 0.1) is 11.8 Å². The molecule has 25 heavy (non-hydrogen) atoms. The van der Waals surface area contributed by atoms with Crippen LogP contribution in [0.5, 0.6) is 0 Å². The second-order valence-electron chi connectivity index (χ2n) is 6.08. The molecule has 0 spiro atoms. The Hall–Kier alpha value is -2.60. The van der Waals surface area contributed by atoms with Crippen molar-refractivity contribution in [2.45, 2.75) is 26.8 Å². The Morgan fingerprint density at radius 3 is 2.64 bits per heavy atom. The van der Waals surface area contributed by atoms with Crippen LogP contribution in [0.25, 0.3) is 11.0 Å². The van der Waals surface area contributed by atoms with Crippen LogP contribution in [0.2, 0.25) is 5.02 Å². The van der Waals surface area contributed by atoms with E-state index in [9.17, 15) is 9.59 Å². The van der Waals surface area contributed by atoms with Gasteiger partial charge in [0.25, 0.3) is 5.56 Å². The molecule has 0 saturated carbocycles. The Kier molecular flexibility index (Phi) is 4.63. The fraction of sp³-hybridized carbons (Fsp3) is 0.278. The first-order chi connectivity index (χ1) is 11.9. The summed E-state index contributed by atoms with van der Waals surface area (Å²) in [6.45, 7) is 4.13. The molecule has 0 aliphatic heterocycles. The summed E-state index contributed by atoms with van der Waals surface area (Å²) in [6.07, 6.45) is 0.183. The Morgan fingerprint density at radius 1 is 1.28 bits per heavy atom. The van der Waals surface area contributed by atoms with E-state index >= 15 is 0 Å². The molecule has 0 fully saturated rings. The Bertz CT molecular complexity index is 1000. The maximum absolute atomic E-state index is 12.3. The smallest absolute Gasteiger partial charge is 0.273 e. The second kappa shape index (κ2) is 6.72. The molecule has 2 aromatic heterocycles. The molecule has 130 valence electrons. The third-order valence-corrected chi connectivity index (χ3v) is 4.57. The number of carbonyl (C=O) groups is 1.